The van der Waals surface area contributed by atoms with E-state index in [9.17, 15) is 13.2 Å². The van der Waals surface area contributed by atoms with Gasteiger partial charge < -0.3 is 4.90 Å². The van der Waals surface area contributed by atoms with E-state index >= 15 is 0 Å². The number of halogens is 3. The molecule has 1 aliphatic rings. The maximum absolute atomic E-state index is 13.0. The van der Waals surface area contributed by atoms with Crippen LogP contribution in [0.1, 0.15) is 30.4 Å². The second-order valence-corrected chi connectivity index (χ2v) is 4.28. The number of alkyl halides is 3. The average Bonchev–Trinajstić information content (AvgIpc) is 2.38. The van der Waals surface area contributed by atoms with Gasteiger partial charge in [-0.1, -0.05) is 5.92 Å². The molecule has 1 aromatic rings. The fourth-order valence-corrected chi connectivity index (χ4v) is 2.10. The number of nitrogens with zero attached hydrogens (tertiary/aromatic N) is 2. The van der Waals surface area contributed by atoms with Crippen LogP contribution in [0, 0.1) is 12.3 Å². The first-order chi connectivity index (χ1) is 8.52. The minimum Gasteiger partial charge on any atom is -0.356 e. The normalized spacial score (nSPS) is 16.4. The van der Waals surface area contributed by atoms with E-state index in [4.69, 9.17) is 6.42 Å². The summed E-state index contributed by atoms with van der Waals surface area (Å²) in [4.78, 5) is 5.59. The third kappa shape index (κ3) is 2.58. The van der Waals surface area contributed by atoms with Gasteiger partial charge in [-0.3, -0.25) is 0 Å². The summed E-state index contributed by atoms with van der Waals surface area (Å²) >= 11 is 0. The first-order valence-corrected chi connectivity index (χ1v) is 5.81. The Labute approximate surface area is 104 Å². The molecule has 18 heavy (non-hydrogen) atoms. The number of hydrogen-bond donors (Lipinski definition) is 0. The molecule has 0 radical (unpaired) electrons. The van der Waals surface area contributed by atoms with Crippen LogP contribution in [0.25, 0.3) is 0 Å². The van der Waals surface area contributed by atoms with Gasteiger partial charge in [0.1, 0.15) is 5.82 Å². The summed E-state index contributed by atoms with van der Waals surface area (Å²) in [6, 6.07) is 0.997. The van der Waals surface area contributed by atoms with Gasteiger partial charge in [0.25, 0.3) is 0 Å². The lowest BCUT2D eigenvalue weighted by Crippen LogP contribution is -2.32. The molecule has 1 fully saturated rings. The summed E-state index contributed by atoms with van der Waals surface area (Å²) in [5.41, 5.74) is -0.581. The highest BCUT2D eigenvalue weighted by atomic mass is 19.4. The molecule has 2 rings (SSSR count). The Morgan fingerprint density at radius 3 is 2.44 bits per heavy atom. The van der Waals surface area contributed by atoms with E-state index in [2.05, 4.69) is 10.9 Å². The highest BCUT2D eigenvalue weighted by Gasteiger charge is 2.36. The van der Waals surface area contributed by atoms with E-state index in [0.717, 1.165) is 25.3 Å². The Balaban J connectivity index is 2.42. The molecule has 0 atom stereocenters. The summed E-state index contributed by atoms with van der Waals surface area (Å²) < 4.78 is 39.0. The zero-order chi connectivity index (χ0) is 13.2. The van der Waals surface area contributed by atoms with Crippen LogP contribution in [0.5, 0.6) is 0 Å². The third-order valence-electron chi connectivity index (χ3n) is 2.99. The molecule has 0 N–H and O–H groups in total. The molecular formula is C13H13F3N2. The van der Waals surface area contributed by atoms with Crippen molar-refractivity contribution in [1.82, 2.24) is 4.98 Å². The molecular weight excluding hydrogens is 241 g/mol. The second-order valence-electron chi connectivity index (χ2n) is 4.28. The molecule has 0 amide bonds. The molecule has 0 spiro atoms. The largest absolute Gasteiger partial charge is 0.420 e. The zero-order valence-electron chi connectivity index (χ0n) is 9.80. The lowest BCUT2D eigenvalue weighted by Gasteiger charge is -2.29. The Bertz CT molecular complexity index is 468. The van der Waals surface area contributed by atoms with E-state index < -0.39 is 11.7 Å². The summed E-state index contributed by atoms with van der Waals surface area (Å²) in [5, 5.41) is 0. The van der Waals surface area contributed by atoms with Gasteiger partial charge in [-0.15, -0.1) is 6.42 Å². The Morgan fingerprint density at radius 1 is 1.22 bits per heavy atom. The SMILES string of the molecule is C#Cc1cnc(N2CCCCC2)c(C(F)(F)F)c1. The average molecular weight is 254 g/mol. The molecule has 0 unspecified atom stereocenters. The van der Waals surface area contributed by atoms with Crippen molar-refractivity contribution in [2.24, 2.45) is 0 Å². The monoisotopic (exact) mass is 254 g/mol. The van der Waals surface area contributed by atoms with E-state index in [1.165, 1.54) is 6.20 Å². The topological polar surface area (TPSA) is 16.1 Å². The number of hydrogen-bond acceptors (Lipinski definition) is 2. The fourth-order valence-electron chi connectivity index (χ4n) is 2.10. The van der Waals surface area contributed by atoms with Crippen molar-refractivity contribution in [3.05, 3.63) is 23.4 Å². The van der Waals surface area contributed by atoms with Gasteiger partial charge in [-0.2, -0.15) is 13.2 Å². The Kier molecular flexibility index (Phi) is 3.46. The van der Waals surface area contributed by atoms with Gasteiger partial charge in [-0.25, -0.2) is 4.98 Å². The summed E-state index contributed by atoms with van der Waals surface area (Å²) in [7, 11) is 0. The van der Waals surface area contributed by atoms with Crippen molar-refractivity contribution >= 4 is 5.82 Å². The van der Waals surface area contributed by atoms with Crippen molar-refractivity contribution in [3.63, 3.8) is 0 Å². The molecule has 5 heteroatoms. The van der Waals surface area contributed by atoms with Crippen molar-refractivity contribution < 1.29 is 13.2 Å². The molecule has 0 aliphatic carbocycles. The van der Waals surface area contributed by atoms with Gasteiger partial charge in [0.05, 0.1) is 5.56 Å². The Hall–Kier alpha value is -1.70. The molecule has 96 valence electrons. The summed E-state index contributed by atoms with van der Waals surface area (Å²) in [5.74, 6) is 2.19. The van der Waals surface area contributed by atoms with Crippen molar-refractivity contribution in [1.29, 1.82) is 0 Å². The van der Waals surface area contributed by atoms with E-state index in [1.54, 1.807) is 4.90 Å². The lowest BCUT2D eigenvalue weighted by molar-refractivity contribution is -0.137. The predicted octanol–water partition coefficient (Wildman–Crippen LogP) is 3.07. The number of pyridine rings is 1. The molecule has 0 bridgehead atoms. The van der Waals surface area contributed by atoms with E-state index in [1.807, 2.05) is 0 Å². The number of aromatic nitrogens is 1. The van der Waals surface area contributed by atoms with E-state index in [-0.39, 0.29) is 11.4 Å². The molecule has 1 aliphatic heterocycles. The third-order valence-corrected chi connectivity index (χ3v) is 2.99. The lowest BCUT2D eigenvalue weighted by atomic mass is 10.1. The van der Waals surface area contributed by atoms with Crippen LogP contribution in [-0.4, -0.2) is 18.1 Å². The van der Waals surface area contributed by atoms with Crippen LogP contribution in [-0.2, 0) is 6.18 Å². The van der Waals surface area contributed by atoms with Crippen LogP contribution in [0.15, 0.2) is 12.3 Å². The number of rotatable bonds is 1. The minimum atomic E-state index is -4.42. The highest BCUT2D eigenvalue weighted by Crippen LogP contribution is 2.36. The molecule has 2 nitrogen and oxygen atoms in total. The quantitative estimate of drug-likeness (QED) is 0.716. The van der Waals surface area contributed by atoms with Gasteiger partial charge in [0.15, 0.2) is 0 Å². The molecule has 1 aromatic heterocycles. The zero-order valence-corrected chi connectivity index (χ0v) is 9.80. The smallest absolute Gasteiger partial charge is 0.356 e. The summed E-state index contributed by atoms with van der Waals surface area (Å²) in [6.07, 6.45) is 4.87. The van der Waals surface area contributed by atoms with Gasteiger partial charge in [0, 0.05) is 24.8 Å². The van der Waals surface area contributed by atoms with Crippen molar-refractivity contribution in [2.75, 3.05) is 18.0 Å². The molecule has 0 saturated carbocycles. The number of terminal acetylenes is 1. The van der Waals surface area contributed by atoms with Crippen LogP contribution in [0.3, 0.4) is 0 Å². The van der Waals surface area contributed by atoms with E-state index in [0.29, 0.717) is 13.1 Å². The predicted molar refractivity (Wildman–Crippen MR) is 63.2 cm³/mol. The Morgan fingerprint density at radius 2 is 1.89 bits per heavy atom. The minimum absolute atomic E-state index is 0.00111. The maximum atomic E-state index is 13.0. The fraction of sp³-hybridized carbons (Fsp3) is 0.462. The molecule has 0 aromatic carbocycles. The van der Waals surface area contributed by atoms with Crippen molar-refractivity contribution in [2.45, 2.75) is 25.4 Å². The standard InChI is InChI=1S/C13H13F3N2/c1-2-10-8-11(13(14,15)16)12(17-9-10)18-6-4-3-5-7-18/h1,8-9H,3-7H2. The number of anilines is 1. The highest BCUT2D eigenvalue weighted by molar-refractivity contribution is 5.52. The van der Waals surface area contributed by atoms with Crippen LogP contribution >= 0.6 is 0 Å². The van der Waals surface area contributed by atoms with Gasteiger partial charge in [-0.05, 0) is 25.3 Å². The first kappa shape index (κ1) is 12.7. The van der Waals surface area contributed by atoms with Crippen LogP contribution < -0.4 is 4.90 Å². The molecule has 1 saturated heterocycles. The van der Waals surface area contributed by atoms with Crippen molar-refractivity contribution in [3.8, 4) is 12.3 Å². The van der Waals surface area contributed by atoms with Gasteiger partial charge >= 0.3 is 6.18 Å². The van der Waals surface area contributed by atoms with Crippen LogP contribution in [0.4, 0.5) is 19.0 Å². The van der Waals surface area contributed by atoms with Gasteiger partial charge in [0.2, 0.25) is 0 Å². The summed E-state index contributed by atoms with van der Waals surface area (Å²) in [6.45, 7) is 1.23. The molecule has 2 heterocycles. The van der Waals surface area contributed by atoms with Crippen LogP contribution in [0.2, 0.25) is 0 Å². The maximum Gasteiger partial charge on any atom is 0.420 e. The number of piperidine rings is 1. The second kappa shape index (κ2) is 4.89. The first-order valence-electron chi connectivity index (χ1n) is 5.81.